The standard InChI is InChI=1S/C20H17F2N3O/c1-13-2-4-14(5-3-13)10-20(26)24-16-7-9-19(23-12-16)25-18-8-6-15(21)11-17(18)22/h2-9,11-12H,10H2,1H3,(H,23,25)(H,24,26). The van der Waals surface area contributed by atoms with Gasteiger partial charge in [0.2, 0.25) is 5.91 Å². The van der Waals surface area contributed by atoms with E-state index in [9.17, 15) is 13.6 Å². The van der Waals surface area contributed by atoms with Crippen LogP contribution in [-0.4, -0.2) is 10.9 Å². The lowest BCUT2D eigenvalue weighted by atomic mass is 10.1. The van der Waals surface area contributed by atoms with Crippen LogP contribution in [0.3, 0.4) is 0 Å². The summed E-state index contributed by atoms with van der Waals surface area (Å²) in [5.74, 6) is -1.12. The smallest absolute Gasteiger partial charge is 0.228 e. The number of halogens is 2. The molecule has 4 nitrogen and oxygen atoms in total. The molecular formula is C20H17F2N3O. The molecule has 2 N–H and O–H groups in total. The highest BCUT2D eigenvalue weighted by molar-refractivity contribution is 5.92. The van der Waals surface area contributed by atoms with Gasteiger partial charge in [-0.3, -0.25) is 4.79 Å². The van der Waals surface area contributed by atoms with E-state index >= 15 is 0 Å². The molecule has 0 aliphatic rings. The van der Waals surface area contributed by atoms with Gasteiger partial charge in [-0.2, -0.15) is 0 Å². The molecule has 0 fully saturated rings. The zero-order valence-corrected chi connectivity index (χ0v) is 14.1. The Morgan fingerprint density at radius 1 is 1.04 bits per heavy atom. The van der Waals surface area contributed by atoms with Gasteiger partial charge in [0.25, 0.3) is 0 Å². The number of nitrogens with zero attached hydrogens (tertiary/aromatic N) is 1. The molecule has 1 amide bonds. The van der Waals surface area contributed by atoms with Crippen molar-refractivity contribution in [2.45, 2.75) is 13.3 Å². The van der Waals surface area contributed by atoms with Gasteiger partial charge in [0.15, 0.2) is 0 Å². The fourth-order valence-electron chi connectivity index (χ4n) is 2.37. The molecule has 26 heavy (non-hydrogen) atoms. The molecule has 0 radical (unpaired) electrons. The molecule has 3 rings (SSSR count). The van der Waals surface area contributed by atoms with Crippen LogP contribution in [0.5, 0.6) is 0 Å². The third kappa shape index (κ3) is 4.63. The number of nitrogens with one attached hydrogen (secondary N) is 2. The van der Waals surface area contributed by atoms with Gasteiger partial charge >= 0.3 is 0 Å². The monoisotopic (exact) mass is 353 g/mol. The van der Waals surface area contributed by atoms with E-state index in [2.05, 4.69) is 15.6 Å². The number of amides is 1. The Hall–Kier alpha value is -3.28. The molecular weight excluding hydrogens is 336 g/mol. The van der Waals surface area contributed by atoms with Gasteiger partial charge in [-0.15, -0.1) is 0 Å². The number of anilines is 3. The normalized spacial score (nSPS) is 10.4. The van der Waals surface area contributed by atoms with Crippen LogP contribution in [0.1, 0.15) is 11.1 Å². The Bertz CT molecular complexity index is 909. The third-order valence-corrected chi connectivity index (χ3v) is 3.73. The maximum Gasteiger partial charge on any atom is 0.228 e. The molecule has 2 aromatic carbocycles. The van der Waals surface area contributed by atoms with Crippen molar-refractivity contribution in [1.82, 2.24) is 4.98 Å². The summed E-state index contributed by atoms with van der Waals surface area (Å²) in [7, 11) is 0. The minimum absolute atomic E-state index is 0.120. The van der Waals surface area contributed by atoms with Crippen molar-refractivity contribution >= 4 is 23.1 Å². The minimum Gasteiger partial charge on any atom is -0.338 e. The summed E-state index contributed by atoms with van der Waals surface area (Å²) in [6.45, 7) is 1.99. The second-order valence-electron chi connectivity index (χ2n) is 5.89. The van der Waals surface area contributed by atoms with Crippen molar-refractivity contribution in [3.05, 3.63) is 83.6 Å². The van der Waals surface area contributed by atoms with Crippen LogP contribution in [-0.2, 0) is 11.2 Å². The van der Waals surface area contributed by atoms with Crippen molar-refractivity contribution in [3.8, 4) is 0 Å². The predicted octanol–water partition coefficient (Wildman–Crippen LogP) is 4.59. The summed E-state index contributed by atoms with van der Waals surface area (Å²) in [4.78, 5) is 16.2. The fraction of sp³-hybridized carbons (Fsp3) is 0.100. The lowest BCUT2D eigenvalue weighted by molar-refractivity contribution is -0.115. The topological polar surface area (TPSA) is 54.0 Å². The maximum atomic E-state index is 13.6. The summed E-state index contributed by atoms with van der Waals surface area (Å²) < 4.78 is 26.5. The summed E-state index contributed by atoms with van der Waals surface area (Å²) in [5, 5.41) is 5.52. The molecule has 0 atom stereocenters. The Balaban J connectivity index is 1.60. The zero-order chi connectivity index (χ0) is 18.5. The number of hydrogen-bond donors (Lipinski definition) is 2. The number of carbonyl (C=O) groups is 1. The molecule has 0 bridgehead atoms. The van der Waals surface area contributed by atoms with Gasteiger partial charge in [-0.25, -0.2) is 13.8 Å². The molecule has 1 aromatic heterocycles. The number of benzene rings is 2. The molecule has 0 saturated heterocycles. The van der Waals surface area contributed by atoms with Gasteiger partial charge in [-0.1, -0.05) is 29.8 Å². The first kappa shape index (κ1) is 17.5. The molecule has 6 heteroatoms. The van der Waals surface area contributed by atoms with Crippen molar-refractivity contribution in [2.75, 3.05) is 10.6 Å². The number of aromatic nitrogens is 1. The van der Waals surface area contributed by atoms with Gasteiger partial charge in [0, 0.05) is 6.07 Å². The maximum absolute atomic E-state index is 13.6. The number of carbonyl (C=O) groups excluding carboxylic acids is 1. The molecule has 0 spiro atoms. The highest BCUT2D eigenvalue weighted by Gasteiger charge is 2.07. The van der Waals surface area contributed by atoms with Gasteiger partial charge in [0.05, 0.1) is 24.0 Å². The Labute approximate surface area is 149 Å². The molecule has 0 unspecified atom stereocenters. The number of aryl methyl sites for hydroxylation is 1. The summed E-state index contributed by atoms with van der Waals surface area (Å²) in [6.07, 6.45) is 1.73. The van der Waals surface area contributed by atoms with E-state index in [-0.39, 0.29) is 18.0 Å². The number of hydrogen-bond acceptors (Lipinski definition) is 3. The van der Waals surface area contributed by atoms with E-state index in [0.29, 0.717) is 11.5 Å². The van der Waals surface area contributed by atoms with Crippen LogP contribution in [0, 0.1) is 18.6 Å². The van der Waals surface area contributed by atoms with Crippen LogP contribution in [0.15, 0.2) is 60.8 Å². The predicted molar refractivity (Wildman–Crippen MR) is 97.4 cm³/mol. The summed E-state index contributed by atoms with van der Waals surface area (Å²) in [5.41, 5.74) is 2.72. The van der Waals surface area contributed by atoms with E-state index < -0.39 is 11.6 Å². The highest BCUT2D eigenvalue weighted by atomic mass is 19.1. The summed E-state index contributed by atoms with van der Waals surface area (Å²) >= 11 is 0. The first-order valence-corrected chi connectivity index (χ1v) is 8.03. The highest BCUT2D eigenvalue weighted by Crippen LogP contribution is 2.20. The van der Waals surface area contributed by atoms with E-state index in [1.807, 2.05) is 31.2 Å². The van der Waals surface area contributed by atoms with E-state index in [0.717, 1.165) is 23.3 Å². The molecule has 0 saturated carbocycles. The number of rotatable bonds is 5. The van der Waals surface area contributed by atoms with Crippen molar-refractivity contribution < 1.29 is 13.6 Å². The van der Waals surface area contributed by atoms with Crippen molar-refractivity contribution in [2.24, 2.45) is 0 Å². The van der Waals surface area contributed by atoms with Gasteiger partial charge in [0.1, 0.15) is 17.5 Å². The average Bonchev–Trinajstić information content (AvgIpc) is 2.61. The first-order valence-electron chi connectivity index (χ1n) is 8.03. The quantitative estimate of drug-likeness (QED) is 0.705. The Morgan fingerprint density at radius 2 is 1.81 bits per heavy atom. The zero-order valence-electron chi connectivity index (χ0n) is 14.1. The van der Waals surface area contributed by atoms with Crippen LogP contribution < -0.4 is 10.6 Å². The third-order valence-electron chi connectivity index (χ3n) is 3.73. The van der Waals surface area contributed by atoms with Crippen LogP contribution in [0.25, 0.3) is 0 Å². The van der Waals surface area contributed by atoms with Gasteiger partial charge < -0.3 is 10.6 Å². The van der Waals surface area contributed by atoms with Gasteiger partial charge in [-0.05, 0) is 36.8 Å². The van der Waals surface area contributed by atoms with Crippen LogP contribution >= 0.6 is 0 Å². The SMILES string of the molecule is Cc1ccc(CC(=O)Nc2ccc(Nc3ccc(F)cc3F)nc2)cc1. The van der Waals surface area contributed by atoms with Crippen LogP contribution in [0.4, 0.5) is 26.0 Å². The summed E-state index contributed by atoms with van der Waals surface area (Å²) in [6, 6.07) is 14.2. The molecule has 3 aromatic rings. The fourth-order valence-corrected chi connectivity index (χ4v) is 2.37. The van der Waals surface area contributed by atoms with Crippen molar-refractivity contribution in [1.29, 1.82) is 0 Å². The van der Waals surface area contributed by atoms with E-state index in [4.69, 9.17) is 0 Å². The molecule has 0 aliphatic heterocycles. The van der Waals surface area contributed by atoms with E-state index in [1.165, 1.54) is 12.3 Å². The Kier molecular flexibility index (Phi) is 5.22. The lowest BCUT2D eigenvalue weighted by Gasteiger charge is -2.09. The largest absolute Gasteiger partial charge is 0.338 e. The van der Waals surface area contributed by atoms with E-state index in [1.54, 1.807) is 12.1 Å². The molecule has 1 heterocycles. The number of pyridine rings is 1. The second-order valence-corrected chi connectivity index (χ2v) is 5.89. The Morgan fingerprint density at radius 3 is 2.46 bits per heavy atom. The van der Waals surface area contributed by atoms with Crippen molar-refractivity contribution in [3.63, 3.8) is 0 Å². The molecule has 0 aliphatic carbocycles. The van der Waals surface area contributed by atoms with Crippen LogP contribution in [0.2, 0.25) is 0 Å². The molecule has 132 valence electrons. The first-order chi connectivity index (χ1) is 12.5. The second kappa shape index (κ2) is 7.74. The minimum atomic E-state index is -0.706. The average molecular weight is 353 g/mol. The lowest BCUT2D eigenvalue weighted by Crippen LogP contribution is -2.14.